The zero-order chi connectivity index (χ0) is 23.1. The van der Waals surface area contributed by atoms with Crippen molar-refractivity contribution in [1.29, 1.82) is 0 Å². The summed E-state index contributed by atoms with van der Waals surface area (Å²) in [7, 11) is -4.64. The van der Waals surface area contributed by atoms with Crippen molar-refractivity contribution >= 4 is 108 Å². The Bertz CT molecular complexity index is 1360. The summed E-state index contributed by atoms with van der Waals surface area (Å²) in [5, 5.41) is 30.4. The number of phenolic OH excluding ortho intramolecular Hbond substituents is 2. The fourth-order valence-corrected chi connectivity index (χ4v) is 4.08. The fourth-order valence-electron chi connectivity index (χ4n) is 2.76. The van der Waals surface area contributed by atoms with Gasteiger partial charge in [0.2, 0.25) is 5.91 Å². The van der Waals surface area contributed by atoms with E-state index in [4.69, 9.17) is 34.8 Å². The maximum atomic E-state index is 11.7. The number of phenols is 2. The van der Waals surface area contributed by atoms with Crippen LogP contribution in [0.25, 0.3) is 10.8 Å². The molecular weight excluding hydrogens is 516 g/mol. The number of benzene rings is 3. The molecule has 14 heteroatoms. The molecule has 0 saturated heterocycles. The Morgan fingerprint density at radius 1 is 1.00 bits per heavy atom. The molecule has 32 heavy (non-hydrogen) atoms. The van der Waals surface area contributed by atoms with Gasteiger partial charge in [0.1, 0.15) is 16.3 Å². The molecule has 1 radical (unpaired) electrons. The predicted octanol–water partition coefficient (Wildman–Crippen LogP) is 5.45. The van der Waals surface area contributed by atoms with Crippen LogP contribution < -0.4 is 5.32 Å². The molecule has 0 bridgehead atoms. The van der Waals surface area contributed by atoms with Crippen molar-refractivity contribution in [2.75, 3.05) is 5.32 Å². The first-order valence-corrected chi connectivity index (χ1v) is 10.8. The predicted molar refractivity (Wildman–Crippen MR) is 123 cm³/mol. The first kappa shape index (κ1) is 26.6. The molecule has 0 atom stereocenters. The molecule has 4 N–H and O–H groups in total. The maximum Gasteiger partial charge on any atom is 0.295 e. The number of fused-ring (bicyclic) bond motifs is 1. The first-order chi connectivity index (χ1) is 14.4. The number of nitrogens with zero attached hydrogens (tertiary/aromatic N) is 2. The number of aromatic hydroxyl groups is 2. The first-order valence-electron chi connectivity index (χ1n) is 8.23. The van der Waals surface area contributed by atoms with Gasteiger partial charge in [-0.15, -0.1) is 10.2 Å². The van der Waals surface area contributed by atoms with Crippen molar-refractivity contribution in [2.24, 2.45) is 10.2 Å². The van der Waals surface area contributed by atoms with Crippen molar-refractivity contribution in [3.8, 4) is 11.5 Å². The third kappa shape index (κ3) is 5.29. The second-order valence-corrected chi connectivity index (χ2v) is 8.76. The van der Waals surface area contributed by atoms with E-state index in [0.717, 1.165) is 6.07 Å². The van der Waals surface area contributed by atoms with Crippen molar-refractivity contribution in [2.45, 2.75) is 11.8 Å². The molecule has 0 spiro atoms. The molecule has 0 heterocycles. The maximum absolute atomic E-state index is 11.7. The van der Waals surface area contributed by atoms with Gasteiger partial charge in [0.15, 0.2) is 11.5 Å². The van der Waals surface area contributed by atoms with Crippen molar-refractivity contribution in [3.05, 3.63) is 45.4 Å². The van der Waals surface area contributed by atoms with Crippen LogP contribution in [0.15, 0.2) is 45.5 Å². The summed E-state index contributed by atoms with van der Waals surface area (Å²) < 4.78 is 32.9. The van der Waals surface area contributed by atoms with Crippen LogP contribution in [0, 0.1) is 0 Å². The van der Waals surface area contributed by atoms with Gasteiger partial charge in [0.05, 0.1) is 26.1 Å². The number of nitrogens with one attached hydrogen (secondary N) is 1. The van der Waals surface area contributed by atoms with Crippen LogP contribution in [0.3, 0.4) is 0 Å². The van der Waals surface area contributed by atoms with Gasteiger partial charge >= 0.3 is 0 Å². The summed E-state index contributed by atoms with van der Waals surface area (Å²) in [5.41, 5.74) is -0.360. The number of anilines is 1. The zero-order valence-corrected chi connectivity index (χ0v) is 21.5. The number of rotatable bonds is 4. The van der Waals surface area contributed by atoms with E-state index >= 15 is 0 Å². The van der Waals surface area contributed by atoms with Gasteiger partial charge in [-0.05, 0) is 24.3 Å². The molecule has 3 aromatic rings. The van der Waals surface area contributed by atoms with E-state index in [1.165, 1.54) is 31.2 Å². The fraction of sp³-hybridized carbons (Fsp3) is 0.0556. The standard InChI is InChI=1S/C18H12Cl3N3O6S.Na/c1-7(25)22-11-4-5-13(31(28,29)30)8-2-3-12(18(27)14(8)11)23-24-16-15(21)9(19)6-10(20)17(16)26;/h2-6,26-27H,1H3,(H,22,25)(H,28,29,30);. The minimum Gasteiger partial charge on any atom is -0.505 e. The number of carbonyl (C=O) groups is 1. The smallest absolute Gasteiger partial charge is 0.295 e. The molecule has 0 aliphatic rings. The zero-order valence-electron chi connectivity index (χ0n) is 16.4. The van der Waals surface area contributed by atoms with Gasteiger partial charge in [0, 0.05) is 41.9 Å². The van der Waals surface area contributed by atoms with Crippen LogP contribution >= 0.6 is 34.8 Å². The van der Waals surface area contributed by atoms with Gasteiger partial charge in [-0.1, -0.05) is 40.9 Å². The Balaban J connectivity index is 0.00000363. The van der Waals surface area contributed by atoms with Crippen LogP contribution in [0.4, 0.5) is 17.1 Å². The van der Waals surface area contributed by atoms with E-state index in [-0.39, 0.29) is 72.5 Å². The molecule has 0 saturated carbocycles. The molecule has 0 unspecified atom stereocenters. The third-order valence-electron chi connectivity index (χ3n) is 4.06. The molecule has 0 aliphatic heterocycles. The molecule has 0 fully saturated rings. The third-order valence-corrected chi connectivity index (χ3v) is 6.04. The van der Waals surface area contributed by atoms with E-state index < -0.39 is 32.4 Å². The van der Waals surface area contributed by atoms with Gasteiger partial charge in [-0.3, -0.25) is 9.35 Å². The Hall–Kier alpha value is -1.63. The van der Waals surface area contributed by atoms with Gasteiger partial charge in [-0.25, -0.2) is 0 Å². The molecule has 163 valence electrons. The number of azo groups is 1. The number of carbonyl (C=O) groups excluding carboxylic acids is 1. The molecule has 3 aromatic carbocycles. The summed E-state index contributed by atoms with van der Waals surface area (Å²) in [4.78, 5) is 11.0. The van der Waals surface area contributed by atoms with E-state index in [9.17, 15) is 28.0 Å². The molecule has 9 nitrogen and oxygen atoms in total. The van der Waals surface area contributed by atoms with Gasteiger partial charge < -0.3 is 15.5 Å². The van der Waals surface area contributed by atoms with Gasteiger partial charge in [0.25, 0.3) is 10.1 Å². The van der Waals surface area contributed by atoms with Crippen LogP contribution in [-0.4, -0.2) is 58.6 Å². The Labute approximate surface area is 219 Å². The van der Waals surface area contributed by atoms with E-state index in [0.29, 0.717) is 0 Å². The van der Waals surface area contributed by atoms with E-state index in [2.05, 4.69) is 15.5 Å². The van der Waals surface area contributed by atoms with E-state index in [1.54, 1.807) is 0 Å². The second-order valence-electron chi connectivity index (χ2n) is 6.17. The van der Waals surface area contributed by atoms with Gasteiger partial charge in [-0.2, -0.15) is 8.42 Å². The molecular formula is C18H12Cl3N3NaO6S. The van der Waals surface area contributed by atoms with Crippen molar-refractivity contribution < 1.29 is 28.0 Å². The number of hydrogen-bond acceptors (Lipinski definition) is 7. The van der Waals surface area contributed by atoms with Crippen LogP contribution in [0.2, 0.25) is 15.1 Å². The minimum absolute atomic E-state index is 0. The molecule has 3 rings (SSSR count). The Kier molecular flexibility index (Phi) is 8.41. The summed E-state index contributed by atoms with van der Waals surface area (Å²) >= 11 is 17.8. The Morgan fingerprint density at radius 3 is 2.25 bits per heavy atom. The summed E-state index contributed by atoms with van der Waals surface area (Å²) in [6.45, 7) is 1.22. The summed E-state index contributed by atoms with van der Waals surface area (Å²) in [5.74, 6) is -1.54. The SMILES string of the molecule is CC(=O)Nc1ccc(S(=O)(=O)O)c2ccc(N=Nc3c(O)c(Cl)cc(Cl)c3Cl)c(O)c12.[Na]. The number of hydrogen-bond donors (Lipinski definition) is 4. The average Bonchev–Trinajstić information content (AvgIpc) is 2.66. The molecule has 1 amide bonds. The topological polar surface area (TPSA) is 149 Å². The van der Waals surface area contributed by atoms with Crippen LogP contribution in [0.1, 0.15) is 6.92 Å². The average molecular weight is 528 g/mol. The number of amides is 1. The second kappa shape index (κ2) is 10.1. The van der Waals surface area contributed by atoms with Crippen LogP contribution in [0.5, 0.6) is 11.5 Å². The minimum atomic E-state index is -4.64. The van der Waals surface area contributed by atoms with Crippen molar-refractivity contribution in [3.63, 3.8) is 0 Å². The molecule has 0 aromatic heterocycles. The quantitative estimate of drug-likeness (QED) is 0.153. The largest absolute Gasteiger partial charge is 0.505 e. The van der Waals surface area contributed by atoms with E-state index in [1.807, 2.05) is 0 Å². The van der Waals surface area contributed by atoms with Crippen LogP contribution in [-0.2, 0) is 14.9 Å². The summed E-state index contributed by atoms with van der Waals surface area (Å²) in [6, 6.07) is 5.96. The summed E-state index contributed by atoms with van der Waals surface area (Å²) in [6.07, 6.45) is 0. The molecule has 0 aliphatic carbocycles. The van der Waals surface area contributed by atoms with Crippen molar-refractivity contribution in [1.82, 2.24) is 0 Å². The number of halogens is 3. The Morgan fingerprint density at radius 2 is 1.66 bits per heavy atom. The monoisotopic (exact) mass is 526 g/mol. The normalized spacial score (nSPS) is 11.5.